The number of hydrogen-bond acceptors (Lipinski definition) is 5. The molecule has 0 radical (unpaired) electrons. The molecule has 2 N–H and O–H groups in total. The Morgan fingerprint density at radius 2 is 1.92 bits per heavy atom. The zero-order valence-corrected chi connectivity index (χ0v) is 15.3. The van der Waals surface area contributed by atoms with Gasteiger partial charge in [-0.3, -0.25) is 4.79 Å². The zero-order chi connectivity index (χ0) is 17.9. The second kappa shape index (κ2) is 7.62. The molecule has 9 heteroatoms. The molecule has 1 atom stereocenters. The van der Waals surface area contributed by atoms with Crippen LogP contribution in [0.25, 0.3) is 0 Å². The van der Waals surface area contributed by atoms with E-state index in [0.29, 0.717) is 18.0 Å². The maximum absolute atomic E-state index is 12.4. The Morgan fingerprint density at radius 3 is 2.46 bits per heavy atom. The smallest absolute Gasteiger partial charge is 0.326 e. The number of thiophene rings is 1. The van der Waals surface area contributed by atoms with E-state index in [4.69, 9.17) is 5.11 Å². The molecule has 1 fully saturated rings. The molecule has 134 valence electrons. The third kappa shape index (κ3) is 4.34. The van der Waals surface area contributed by atoms with Crippen LogP contribution in [-0.2, 0) is 26.0 Å². The van der Waals surface area contributed by atoms with Crippen LogP contribution in [-0.4, -0.2) is 48.8 Å². The number of carbonyl (C=O) groups excluding carboxylic acids is 1. The molecule has 1 saturated heterocycles. The summed E-state index contributed by atoms with van der Waals surface area (Å²) in [6.07, 6.45) is 1.70. The van der Waals surface area contributed by atoms with E-state index >= 15 is 0 Å². The van der Waals surface area contributed by atoms with Crippen molar-refractivity contribution in [3.8, 4) is 0 Å². The number of nitrogens with zero attached hydrogens (tertiary/aromatic N) is 1. The molecule has 24 heavy (non-hydrogen) atoms. The van der Waals surface area contributed by atoms with Gasteiger partial charge in [-0.1, -0.05) is 13.8 Å². The first-order valence-electron chi connectivity index (χ1n) is 7.83. The molecule has 1 aromatic rings. The normalized spacial score (nSPS) is 17.1. The average molecular weight is 374 g/mol. The summed E-state index contributed by atoms with van der Waals surface area (Å²) in [5.74, 6) is -1.74. The van der Waals surface area contributed by atoms with Gasteiger partial charge in [0, 0.05) is 18.0 Å². The first kappa shape index (κ1) is 18.9. The maximum Gasteiger partial charge on any atom is 0.326 e. The summed E-state index contributed by atoms with van der Waals surface area (Å²) < 4.78 is 26.6. The van der Waals surface area contributed by atoms with E-state index in [1.807, 2.05) is 0 Å². The Balaban J connectivity index is 2.03. The van der Waals surface area contributed by atoms with Crippen LogP contribution in [0.4, 0.5) is 0 Å². The van der Waals surface area contributed by atoms with Crippen molar-refractivity contribution in [2.75, 3.05) is 13.1 Å². The molecule has 1 aliphatic heterocycles. The second-order valence-electron chi connectivity index (χ2n) is 6.14. The lowest BCUT2D eigenvalue weighted by molar-refractivity contribution is -0.143. The minimum atomic E-state index is -3.48. The van der Waals surface area contributed by atoms with Crippen molar-refractivity contribution in [2.24, 2.45) is 5.92 Å². The van der Waals surface area contributed by atoms with Gasteiger partial charge in [-0.25, -0.2) is 13.2 Å². The number of aliphatic carboxylic acids is 1. The Morgan fingerprint density at radius 1 is 1.29 bits per heavy atom. The fourth-order valence-corrected chi connectivity index (χ4v) is 5.57. The molecule has 1 amide bonds. The third-order valence-corrected chi connectivity index (χ3v) is 7.33. The molecule has 7 nitrogen and oxygen atoms in total. The summed E-state index contributed by atoms with van der Waals surface area (Å²) in [6.45, 7) is 4.49. The van der Waals surface area contributed by atoms with Crippen LogP contribution in [0.2, 0.25) is 0 Å². The highest BCUT2D eigenvalue weighted by molar-refractivity contribution is 7.91. The van der Waals surface area contributed by atoms with Crippen molar-refractivity contribution in [1.29, 1.82) is 0 Å². The summed E-state index contributed by atoms with van der Waals surface area (Å²) in [5.41, 5.74) is 0. The number of carboxylic acid groups (broad SMARTS) is 1. The largest absolute Gasteiger partial charge is 0.480 e. The molecular formula is C15H22N2O5S2. The zero-order valence-electron chi connectivity index (χ0n) is 13.7. The quantitative estimate of drug-likeness (QED) is 0.749. The van der Waals surface area contributed by atoms with Crippen molar-refractivity contribution >= 4 is 33.2 Å². The summed E-state index contributed by atoms with van der Waals surface area (Å²) in [6, 6.07) is 2.17. The lowest BCUT2D eigenvalue weighted by Gasteiger charge is -2.17. The number of carboxylic acids is 1. The van der Waals surface area contributed by atoms with E-state index in [-0.39, 0.29) is 16.5 Å². The van der Waals surface area contributed by atoms with Gasteiger partial charge in [-0.15, -0.1) is 11.3 Å². The van der Waals surface area contributed by atoms with Gasteiger partial charge < -0.3 is 10.4 Å². The van der Waals surface area contributed by atoms with Gasteiger partial charge in [-0.05, 0) is 30.9 Å². The fraction of sp³-hybridized carbons (Fsp3) is 0.600. The van der Waals surface area contributed by atoms with Crippen molar-refractivity contribution in [3.05, 3.63) is 17.0 Å². The van der Waals surface area contributed by atoms with Gasteiger partial charge in [0.05, 0.1) is 6.42 Å². The van der Waals surface area contributed by atoms with Gasteiger partial charge in [0.2, 0.25) is 5.91 Å². The SMILES string of the molecule is CC(C)C(NC(=O)Cc1ccc(S(=O)(=O)N2CCCC2)s1)C(=O)O. The number of sulfonamides is 1. The van der Waals surface area contributed by atoms with Crippen molar-refractivity contribution in [1.82, 2.24) is 9.62 Å². The molecule has 0 saturated carbocycles. The number of hydrogen-bond donors (Lipinski definition) is 2. The molecule has 0 aromatic carbocycles. The van der Waals surface area contributed by atoms with Gasteiger partial charge in [0.25, 0.3) is 10.0 Å². The average Bonchev–Trinajstić information content (AvgIpc) is 3.15. The number of amides is 1. The van der Waals surface area contributed by atoms with Crippen LogP contribution in [0.15, 0.2) is 16.3 Å². The highest BCUT2D eigenvalue weighted by Gasteiger charge is 2.29. The van der Waals surface area contributed by atoms with E-state index < -0.39 is 27.9 Å². The number of rotatable bonds is 7. The highest BCUT2D eigenvalue weighted by Crippen LogP contribution is 2.27. The standard InChI is InChI=1S/C15H22N2O5S2/c1-10(2)14(15(19)20)16-12(18)9-11-5-6-13(23-11)24(21,22)17-7-3-4-8-17/h5-6,10,14H,3-4,7-9H2,1-2H3,(H,16,18)(H,19,20). The fourth-order valence-electron chi connectivity index (χ4n) is 2.54. The first-order valence-corrected chi connectivity index (χ1v) is 10.1. The molecule has 0 aliphatic carbocycles. The monoisotopic (exact) mass is 374 g/mol. The Bertz CT molecular complexity index is 705. The topological polar surface area (TPSA) is 104 Å². The lowest BCUT2D eigenvalue weighted by atomic mass is 10.0. The van der Waals surface area contributed by atoms with Gasteiger partial charge in [0.15, 0.2) is 0 Å². The third-order valence-electron chi connectivity index (χ3n) is 3.88. The Hall–Kier alpha value is -1.45. The minimum absolute atomic E-state index is 0.0311. The molecule has 2 rings (SSSR count). The van der Waals surface area contributed by atoms with E-state index in [1.165, 1.54) is 10.4 Å². The van der Waals surface area contributed by atoms with Crippen LogP contribution >= 0.6 is 11.3 Å². The molecular weight excluding hydrogens is 352 g/mol. The van der Waals surface area contributed by atoms with Crippen molar-refractivity contribution < 1.29 is 23.1 Å². The summed E-state index contributed by atoms with van der Waals surface area (Å²) in [5, 5.41) is 11.6. The van der Waals surface area contributed by atoms with Crippen LogP contribution in [0.5, 0.6) is 0 Å². The lowest BCUT2D eigenvalue weighted by Crippen LogP contribution is -2.44. The van der Waals surface area contributed by atoms with Crippen LogP contribution in [0, 0.1) is 5.92 Å². The molecule has 1 unspecified atom stereocenters. The van der Waals surface area contributed by atoms with E-state index in [2.05, 4.69) is 5.32 Å². The molecule has 1 aromatic heterocycles. The van der Waals surface area contributed by atoms with Crippen molar-refractivity contribution in [2.45, 2.75) is 43.4 Å². The van der Waals surface area contributed by atoms with Crippen LogP contribution in [0.1, 0.15) is 31.6 Å². The molecule has 0 spiro atoms. The van der Waals surface area contributed by atoms with Gasteiger partial charge in [0.1, 0.15) is 10.3 Å². The van der Waals surface area contributed by atoms with Gasteiger partial charge >= 0.3 is 5.97 Å². The summed E-state index contributed by atoms with van der Waals surface area (Å²) >= 11 is 1.06. The van der Waals surface area contributed by atoms with Gasteiger partial charge in [-0.2, -0.15) is 4.31 Å². The molecule has 2 heterocycles. The predicted molar refractivity (Wildman–Crippen MR) is 90.4 cm³/mol. The summed E-state index contributed by atoms with van der Waals surface area (Å²) in [4.78, 5) is 23.7. The molecule has 0 bridgehead atoms. The predicted octanol–water partition coefficient (Wildman–Crippen LogP) is 1.30. The number of nitrogens with one attached hydrogen (secondary N) is 1. The maximum atomic E-state index is 12.4. The van der Waals surface area contributed by atoms with E-state index in [0.717, 1.165) is 24.2 Å². The first-order chi connectivity index (χ1) is 11.2. The van der Waals surface area contributed by atoms with Crippen LogP contribution < -0.4 is 5.32 Å². The highest BCUT2D eigenvalue weighted by atomic mass is 32.2. The van der Waals surface area contributed by atoms with Crippen LogP contribution in [0.3, 0.4) is 0 Å². The minimum Gasteiger partial charge on any atom is -0.480 e. The van der Waals surface area contributed by atoms with E-state index in [1.54, 1.807) is 19.9 Å². The Kier molecular flexibility index (Phi) is 6.00. The Labute approximate surface area is 145 Å². The second-order valence-corrected chi connectivity index (χ2v) is 9.47. The van der Waals surface area contributed by atoms with Crippen molar-refractivity contribution in [3.63, 3.8) is 0 Å². The molecule has 1 aliphatic rings. The summed E-state index contributed by atoms with van der Waals surface area (Å²) in [7, 11) is -3.48. The number of carbonyl (C=O) groups is 2. The van der Waals surface area contributed by atoms with E-state index in [9.17, 15) is 18.0 Å².